The van der Waals surface area contributed by atoms with Crippen molar-refractivity contribution in [2.24, 2.45) is 0 Å². The highest BCUT2D eigenvalue weighted by molar-refractivity contribution is 6.00. The molecule has 0 saturated carbocycles. The molecule has 2 fully saturated rings. The van der Waals surface area contributed by atoms with Crippen molar-refractivity contribution in [2.75, 3.05) is 31.6 Å². The Hall–Kier alpha value is -3.07. The lowest BCUT2D eigenvalue weighted by Gasteiger charge is -2.37. The number of rotatable bonds is 5. The summed E-state index contributed by atoms with van der Waals surface area (Å²) >= 11 is 0. The summed E-state index contributed by atoms with van der Waals surface area (Å²) < 4.78 is 10.7. The smallest absolute Gasteiger partial charge is 0.411 e. The van der Waals surface area contributed by atoms with Gasteiger partial charge in [0.15, 0.2) is 0 Å². The SMILES string of the molecule is CCOC(=O)c1cc2cc(NC(=O)[C@@H]3[C@H](N4CCCCC4)CCN3C(=O)OC(C)(C)C)ccc2[nH]1. The number of hydrogen-bond acceptors (Lipinski definition) is 6. The van der Waals surface area contributed by atoms with E-state index in [0.29, 0.717) is 24.5 Å². The number of hydrogen-bond donors (Lipinski definition) is 2. The van der Waals surface area contributed by atoms with Crippen molar-refractivity contribution in [1.82, 2.24) is 14.8 Å². The van der Waals surface area contributed by atoms with Gasteiger partial charge in [0.2, 0.25) is 5.91 Å². The average Bonchev–Trinajstić information content (AvgIpc) is 3.43. The number of benzene rings is 1. The number of ether oxygens (including phenoxy) is 2. The molecule has 3 heterocycles. The van der Waals surface area contributed by atoms with Gasteiger partial charge in [-0.25, -0.2) is 9.59 Å². The van der Waals surface area contributed by atoms with E-state index >= 15 is 0 Å². The van der Waals surface area contributed by atoms with E-state index in [-0.39, 0.29) is 11.9 Å². The van der Waals surface area contributed by atoms with E-state index < -0.39 is 23.7 Å². The summed E-state index contributed by atoms with van der Waals surface area (Å²) in [5.74, 6) is -0.651. The van der Waals surface area contributed by atoms with Gasteiger partial charge in [-0.05, 0) is 84.3 Å². The third kappa shape index (κ3) is 5.78. The molecule has 0 aliphatic carbocycles. The molecule has 2 aliphatic heterocycles. The Kier molecular flexibility index (Phi) is 7.35. The number of piperidine rings is 1. The van der Waals surface area contributed by atoms with Crippen molar-refractivity contribution in [3.8, 4) is 0 Å². The quantitative estimate of drug-likeness (QED) is 0.618. The summed E-state index contributed by atoms with van der Waals surface area (Å²) in [6.07, 6.45) is 3.67. The molecule has 0 unspecified atom stereocenters. The number of fused-ring (bicyclic) bond motifs is 1. The zero-order chi connectivity index (χ0) is 25.2. The average molecular weight is 485 g/mol. The topological polar surface area (TPSA) is 104 Å². The van der Waals surface area contributed by atoms with Crippen LogP contribution in [0.1, 0.15) is 63.9 Å². The summed E-state index contributed by atoms with van der Waals surface area (Å²) in [7, 11) is 0. The molecule has 1 aromatic carbocycles. The first kappa shape index (κ1) is 25.0. The lowest BCUT2D eigenvalue weighted by atomic mass is 10.0. The summed E-state index contributed by atoms with van der Waals surface area (Å²) in [4.78, 5) is 45.7. The van der Waals surface area contributed by atoms with Gasteiger partial charge in [0, 0.05) is 29.2 Å². The third-order valence-corrected chi connectivity index (χ3v) is 6.51. The van der Waals surface area contributed by atoms with E-state index in [4.69, 9.17) is 9.47 Å². The van der Waals surface area contributed by atoms with E-state index in [2.05, 4.69) is 15.2 Å². The van der Waals surface area contributed by atoms with Crippen molar-refractivity contribution >= 4 is 34.6 Å². The van der Waals surface area contributed by atoms with Gasteiger partial charge < -0.3 is 19.8 Å². The number of nitrogens with zero attached hydrogens (tertiary/aromatic N) is 2. The van der Waals surface area contributed by atoms with E-state index in [1.807, 2.05) is 32.9 Å². The number of anilines is 1. The molecule has 2 N–H and O–H groups in total. The van der Waals surface area contributed by atoms with E-state index in [9.17, 15) is 14.4 Å². The van der Waals surface area contributed by atoms with Gasteiger partial charge in [-0.2, -0.15) is 0 Å². The second-order valence-electron chi connectivity index (χ2n) is 10.3. The molecule has 2 amide bonds. The van der Waals surface area contributed by atoms with Gasteiger partial charge in [-0.1, -0.05) is 6.42 Å². The monoisotopic (exact) mass is 484 g/mol. The fourth-order valence-electron chi connectivity index (χ4n) is 5.00. The van der Waals surface area contributed by atoms with Crippen LogP contribution in [0.25, 0.3) is 10.9 Å². The highest BCUT2D eigenvalue weighted by Gasteiger charge is 2.46. The molecule has 2 atom stereocenters. The lowest BCUT2D eigenvalue weighted by Crippen LogP contribution is -2.54. The fraction of sp³-hybridized carbons (Fsp3) is 0.577. The molecule has 9 heteroatoms. The molecule has 9 nitrogen and oxygen atoms in total. The normalized spacial score (nSPS) is 21.2. The Bertz CT molecular complexity index is 1080. The van der Waals surface area contributed by atoms with Crippen LogP contribution in [0.4, 0.5) is 10.5 Å². The molecule has 2 aromatic rings. The standard InChI is InChI=1S/C26H36N4O5/c1-5-34-24(32)20-16-17-15-18(9-10-19(17)28-20)27-23(31)22-21(29-12-7-6-8-13-29)11-14-30(22)25(33)35-26(2,3)4/h9-10,15-16,21-22,28H,5-8,11-14H2,1-4H3,(H,27,31)/t21-,22+/m1/s1. The number of carbonyl (C=O) groups is 3. The molecular formula is C26H36N4O5. The molecule has 0 spiro atoms. The van der Waals surface area contributed by atoms with Crippen molar-refractivity contribution < 1.29 is 23.9 Å². The van der Waals surface area contributed by atoms with Crippen LogP contribution < -0.4 is 5.32 Å². The molecule has 35 heavy (non-hydrogen) atoms. The molecule has 4 rings (SSSR count). The maximum absolute atomic E-state index is 13.6. The van der Waals surface area contributed by atoms with E-state index in [0.717, 1.165) is 43.3 Å². The summed E-state index contributed by atoms with van der Waals surface area (Å²) in [5.41, 5.74) is 1.10. The molecular weight excluding hydrogens is 448 g/mol. The minimum atomic E-state index is -0.642. The van der Waals surface area contributed by atoms with E-state index in [1.165, 1.54) is 6.42 Å². The van der Waals surface area contributed by atoms with Crippen LogP contribution in [-0.4, -0.2) is 76.7 Å². The van der Waals surface area contributed by atoms with Crippen LogP contribution >= 0.6 is 0 Å². The number of carbonyl (C=O) groups excluding carboxylic acids is 3. The van der Waals surface area contributed by atoms with Crippen molar-refractivity contribution in [2.45, 2.75) is 71.1 Å². The zero-order valence-electron chi connectivity index (χ0n) is 21.1. The Morgan fingerprint density at radius 3 is 2.51 bits per heavy atom. The molecule has 0 radical (unpaired) electrons. The zero-order valence-corrected chi connectivity index (χ0v) is 21.1. The number of aromatic amines is 1. The Balaban J connectivity index is 1.55. The van der Waals surface area contributed by atoms with Crippen molar-refractivity contribution in [3.63, 3.8) is 0 Å². The predicted molar refractivity (Wildman–Crippen MR) is 133 cm³/mol. The maximum Gasteiger partial charge on any atom is 0.411 e. The molecule has 2 saturated heterocycles. The van der Waals surface area contributed by atoms with Crippen LogP contribution in [-0.2, 0) is 14.3 Å². The summed E-state index contributed by atoms with van der Waals surface area (Å²) in [6.45, 7) is 9.88. The Morgan fingerprint density at radius 2 is 1.83 bits per heavy atom. The highest BCUT2D eigenvalue weighted by atomic mass is 16.6. The van der Waals surface area contributed by atoms with Crippen LogP contribution in [0.5, 0.6) is 0 Å². The van der Waals surface area contributed by atoms with Crippen molar-refractivity contribution in [3.05, 3.63) is 30.0 Å². The first-order chi connectivity index (χ1) is 16.7. The Labute approximate surface area is 206 Å². The highest BCUT2D eigenvalue weighted by Crippen LogP contribution is 2.29. The van der Waals surface area contributed by atoms with E-state index in [1.54, 1.807) is 24.0 Å². The van der Waals surface area contributed by atoms with Crippen LogP contribution in [0.3, 0.4) is 0 Å². The molecule has 2 aliphatic rings. The van der Waals surface area contributed by atoms with Gasteiger partial charge in [-0.15, -0.1) is 0 Å². The second-order valence-corrected chi connectivity index (χ2v) is 10.3. The molecule has 190 valence electrons. The fourth-order valence-corrected chi connectivity index (χ4v) is 5.00. The first-order valence-electron chi connectivity index (χ1n) is 12.5. The second kappa shape index (κ2) is 10.3. The van der Waals surface area contributed by atoms with Gasteiger partial charge in [0.05, 0.1) is 6.61 Å². The first-order valence-corrected chi connectivity index (χ1v) is 12.5. The van der Waals surface area contributed by atoms with Gasteiger partial charge in [0.1, 0.15) is 17.3 Å². The number of likely N-dealkylation sites (tertiary alicyclic amines) is 2. The number of amides is 2. The maximum atomic E-state index is 13.6. The van der Waals surface area contributed by atoms with Crippen LogP contribution in [0.2, 0.25) is 0 Å². The number of nitrogens with one attached hydrogen (secondary N) is 2. The van der Waals surface area contributed by atoms with Gasteiger partial charge in [-0.3, -0.25) is 14.6 Å². The van der Waals surface area contributed by atoms with Crippen LogP contribution in [0.15, 0.2) is 24.3 Å². The minimum Gasteiger partial charge on any atom is -0.461 e. The largest absolute Gasteiger partial charge is 0.461 e. The molecule has 1 aromatic heterocycles. The van der Waals surface area contributed by atoms with Gasteiger partial charge in [0.25, 0.3) is 0 Å². The Morgan fingerprint density at radius 1 is 1.09 bits per heavy atom. The van der Waals surface area contributed by atoms with Crippen molar-refractivity contribution in [1.29, 1.82) is 0 Å². The van der Waals surface area contributed by atoms with Crippen LogP contribution in [0, 0.1) is 0 Å². The minimum absolute atomic E-state index is 0.0470. The lowest BCUT2D eigenvalue weighted by molar-refractivity contribution is -0.122. The van der Waals surface area contributed by atoms with Gasteiger partial charge >= 0.3 is 12.1 Å². The third-order valence-electron chi connectivity index (χ3n) is 6.51. The number of aromatic nitrogens is 1. The molecule has 0 bridgehead atoms. The number of H-pyrrole nitrogens is 1. The summed E-state index contributed by atoms with van der Waals surface area (Å²) in [5, 5.41) is 3.80. The number of esters is 1. The predicted octanol–water partition coefficient (Wildman–Crippen LogP) is 4.15. The summed E-state index contributed by atoms with van der Waals surface area (Å²) in [6, 6.07) is 6.44.